The average Bonchev–Trinajstić information content (AvgIpc) is 0.771. The molecule has 0 spiro atoms. The van der Waals surface area contributed by atoms with E-state index in [4.69, 9.17) is 41.4 Å². The number of para-hydroxylation sites is 3. The summed E-state index contributed by atoms with van der Waals surface area (Å²) in [6.45, 7) is 27.8. The van der Waals surface area contributed by atoms with E-state index in [1.54, 1.807) is 97.1 Å². The molecular weight excluding hydrogens is 2070 g/mol. The fourth-order valence-electron chi connectivity index (χ4n) is 15.3. The van der Waals surface area contributed by atoms with Gasteiger partial charge in [0, 0.05) is 124 Å². The Hall–Kier alpha value is -12.0. The van der Waals surface area contributed by atoms with E-state index in [-0.39, 0.29) is 180 Å². The summed E-state index contributed by atoms with van der Waals surface area (Å²) in [5, 5.41) is 20.4. The van der Waals surface area contributed by atoms with Crippen molar-refractivity contribution in [1.82, 2.24) is 15.0 Å². The van der Waals surface area contributed by atoms with Crippen LogP contribution in [0.25, 0.3) is 66.1 Å². The Morgan fingerprint density at radius 2 is 0.640 bits per heavy atom. The summed E-state index contributed by atoms with van der Waals surface area (Å²) in [4.78, 5) is 112. The molecule has 32 heteroatoms. The number of aromatic hydroxyl groups is 1. The molecule has 0 radical (unpaired) electrons. The third-order valence-corrected chi connectivity index (χ3v) is 25.1. The van der Waals surface area contributed by atoms with Crippen LogP contribution < -0.4 is 124 Å². The fraction of sp³-hybridized carbons (Fsp3) is 0.229. The number of amides is 3. The summed E-state index contributed by atoms with van der Waals surface area (Å²) in [6, 6.07) is 91.8. The second-order valence-corrected chi connectivity index (χ2v) is 40.0. The summed E-state index contributed by atoms with van der Waals surface area (Å²) in [6.07, 6.45) is 4.14. The predicted octanol–water partition coefficient (Wildman–Crippen LogP) is 21.6. The first kappa shape index (κ1) is 128. The van der Waals surface area contributed by atoms with Crippen LogP contribution in [0.2, 0.25) is 0 Å². The number of phenols is 1. The molecule has 0 atom stereocenters. The molecule has 0 saturated carbocycles. The molecule has 0 unspecified atom stereocenters. The van der Waals surface area contributed by atoms with Crippen molar-refractivity contribution in [3.8, 4) is 67.9 Å². The second-order valence-electron chi connectivity index (χ2n) is 36.0. The number of carbonyl (C=O) groups is 3. The number of phenolic OH excluding ortho intramolecular Hbond substituents is 1. The van der Waals surface area contributed by atoms with Crippen LogP contribution in [0.5, 0.6) is 34.5 Å². The number of hydrogen-bond acceptors (Lipinski definition) is 20. The quantitative estimate of drug-likeness (QED) is 0.0121. The number of H-pyrrole nitrogens is 3. The van der Waals surface area contributed by atoms with Crippen molar-refractivity contribution < 1.29 is 159 Å². The van der Waals surface area contributed by atoms with E-state index in [9.17, 15) is 52.8 Å². The van der Waals surface area contributed by atoms with Gasteiger partial charge in [0.1, 0.15) is 59.0 Å². The number of carbonyl (C=O) groups excluding carboxylic acids is 3. The van der Waals surface area contributed by atoms with Crippen LogP contribution in [0.1, 0.15) is 183 Å². The number of phosphoric acid groups is 2. The molecule has 0 aliphatic carbocycles. The van der Waals surface area contributed by atoms with Crippen LogP contribution in [-0.4, -0.2) is 64.3 Å². The Labute approximate surface area is 939 Å². The van der Waals surface area contributed by atoms with Gasteiger partial charge in [0.05, 0.1) is 63.3 Å². The fourth-order valence-corrected chi connectivity index (χ4v) is 17.7. The smallest absolute Gasteiger partial charge is 0.780 e. The molecule has 7 N–H and O–H groups in total. The number of hydrogen-bond donors (Lipinski definition) is 7. The van der Waals surface area contributed by atoms with E-state index in [1.807, 2.05) is 260 Å². The Morgan fingerprint density at radius 3 is 0.933 bits per heavy atom. The number of fused-ring (bicyclic) bond motifs is 3. The van der Waals surface area contributed by atoms with Gasteiger partial charge in [-0.25, -0.2) is 4.57 Å². The first-order valence-corrected chi connectivity index (χ1v) is 50.6. The molecule has 0 saturated heterocycles. The van der Waals surface area contributed by atoms with Crippen LogP contribution in [0, 0.1) is 7.43 Å². The van der Waals surface area contributed by atoms with Gasteiger partial charge >= 0.3 is 66.9 Å². The van der Waals surface area contributed by atoms with Gasteiger partial charge in [0.15, 0.2) is 8.38 Å². The van der Waals surface area contributed by atoms with Gasteiger partial charge in [-0.2, -0.15) is 0 Å². The summed E-state index contributed by atoms with van der Waals surface area (Å²) in [7, 11) is -10.6. The number of aromatic nitrogens is 3. The van der Waals surface area contributed by atoms with Crippen molar-refractivity contribution in [3.63, 3.8) is 0 Å². The van der Waals surface area contributed by atoms with Crippen LogP contribution in [-0.2, 0) is 90.3 Å². The zero-order valence-corrected chi connectivity index (χ0v) is 92.6. The van der Waals surface area contributed by atoms with Gasteiger partial charge in [0.25, 0.3) is 17.7 Å². The number of anilines is 3. The molecule has 26 nitrogen and oxygen atoms in total. The summed E-state index contributed by atoms with van der Waals surface area (Å²) in [5.41, 5.74) is 9.61. The molecule has 16 rings (SSSR count). The van der Waals surface area contributed by atoms with Crippen molar-refractivity contribution in [2.24, 2.45) is 0 Å². The van der Waals surface area contributed by atoms with Crippen LogP contribution >= 0.6 is 24.0 Å². The number of benzene rings is 13. The van der Waals surface area contributed by atoms with Crippen molar-refractivity contribution in [1.29, 1.82) is 0 Å². The Kier molecular flexibility index (Phi) is 50.7. The Bertz CT molecular complexity index is 7360. The summed E-state index contributed by atoms with van der Waals surface area (Å²) < 4.78 is 77.7. The monoisotopic (exact) mass is 2200 g/mol. The third kappa shape index (κ3) is 35.3. The number of pyridine rings is 3. The molecule has 13 aromatic carbocycles. The molecule has 150 heavy (non-hydrogen) atoms. The first-order valence-electron chi connectivity index (χ1n) is 46.1. The average molecular weight is 2200 g/mol. The SMILES string of the molecule is C.C.C.C.CCOc1cccc(-c2cc(C(C)(C)C)c(O)cc2NC(=O)c2c[nH]c3ccccc3c2=O)c1.CCOc1cccc(-c2cc(C(C)(C)C)c(OP(=O)(OCc3ccccc3)OCc3ccccc3)cc2NC(=O)c2c[nH]c3ccccc3c2=O)c1.CCOc1cccc(-c2cc(C(C)(C)C)c(OP(=O)([O-])[O-])cc2NC(=O)c2c[nH]c3ccccc3c2=O)c1.CP(OCc1ccccc1)OCc1ccccc1.[CH3-].[Na+].[Na+].[Pd]. The summed E-state index contributed by atoms with van der Waals surface area (Å²) in [5.74, 6) is 0.0745. The van der Waals surface area contributed by atoms with Gasteiger partial charge in [-0.05, 0) is 173 Å². The van der Waals surface area contributed by atoms with E-state index in [2.05, 4.69) is 55.2 Å². The van der Waals surface area contributed by atoms with Crippen molar-refractivity contribution >= 4 is 91.5 Å². The maximum absolute atomic E-state index is 14.6. The number of nitrogens with one attached hydrogen (secondary N) is 6. The van der Waals surface area contributed by atoms with Crippen LogP contribution in [0.4, 0.5) is 17.1 Å². The van der Waals surface area contributed by atoms with Gasteiger partial charge in [-0.15, -0.1) is 0 Å². The van der Waals surface area contributed by atoms with E-state index in [1.165, 1.54) is 41.9 Å². The minimum atomic E-state index is -5.42. The number of ether oxygens (including phenoxy) is 3. The molecule has 3 aromatic heterocycles. The molecule has 3 heterocycles. The van der Waals surface area contributed by atoms with Gasteiger partial charge in [-0.3, -0.25) is 37.8 Å². The first-order chi connectivity index (χ1) is 67.9. The minimum Gasteiger partial charge on any atom is -0.780 e. The second kappa shape index (κ2) is 59.1. The van der Waals surface area contributed by atoms with E-state index >= 15 is 0 Å². The largest absolute Gasteiger partial charge is 1.00 e. The molecule has 0 aliphatic heterocycles. The van der Waals surface area contributed by atoms with Gasteiger partial charge < -0.3 is 90.1 Å². The minimum absolute atomic E-state index is 0. The molecule has 782 valence electrons. The molecular formula is C118H132N6Na2O20P3Pd-. The molecule has 0 aliphatic rings. The van der Waals surface area contributed by atoms with Crippen molar-refractivity contribution in [2.75, 3.05) is 42.4 Å². The maximum Gasteiger partial charge on any atom is 1.00 e. The summed E-state index contributed by atoms with van der Waals surface area (Å²) >= 11 is 0. The topological polar surface area (TPSA) is 369 Å². The molecule has 0 bridgehead atoms. The normalized spacial score (nSPS) is 10.9. The van der Waals surface area contributed by atoms with Gasteiger partial charge in [-0.1, -0.05) is 286 Å². The van der Waals surface area contributed by atoms with Crippen molar-refractivity contribution in [3.05, 3.63) is 416 Å². The zero-order valence-electron chi connectivity index (χ0n) is 84.4. The molecule has 0 fully saturated rings. The van der Waals surface area contributed by atoms with E-state index < -0.39 is 63.4 Å². The predicted molar refractivity (Wildman–Crippen MR) is 592 cm³/mol. The maximum atomic E-state index is 14.6. The van der Waals surface area contributed by atoms with Crippen molar-refractivity contribution in [2.45, 2.75) is 155 Å². The van der Waals surface area contributed by atoms with Crippen LogP contribution in [0.3, 0.4) is 0 Å². The Morgan fingerprint density at radius 1 is 0.367 bits per heavy atom. The van der Waals surface area contributed by atoms with Crippen LogP contribution in [0.15, 0.2) is 336 Å². The Balaban J connectivity index is 0.000000362. The molecule has 16 aromatic rings. The van der Waals surface area contributed by atoms with Gasteiger partial charge in [0.2, 0.25) is 16.3 Å². The molecule has 3 amide bonds. The van der Waals surface area contributed by atoms with E-state index in [0.29, 0.717) is 122 Å². The number of rotatable bonds is 31. The number of phosphoric ester groups is 2. The third-order valence-electron chi connectivity index (χ3n) is 22.4. The number of aromatic amines is 3. The zero-order chi connectivity index (χ0) is 101. The van der Waals surface area contributed by atoms with E-state index in [0.717, 1.165) is 33.4 Å². The standard InChI is InChI=1S/C42H41N2O7P.C28H29N2O7P.C28H28N2O4.C15H17O2P.4CH4.CH3.2Na.Pd/c1-5-48-32-20-14-19-31(23-32)34-24-36(42(2,3)4)39(25-38(34)44-41(46)35-26-43-37-22-13-12-21-33(37)40(35)45)51-52(47,49-27-29-15-8-6-9-16-29)50-28-30-17-10-7-11-18-30;1-5-36-18-10-8-9-17(13-18)20-14-22(28(2,3)4)25(37-38(33,34)35)15-24(20)30-27(32)21-16-29-23-12-7-6-11-19(23)26(21)31;1-5-34-18-10-8-9-17(13-18)20-14-22(28(2,3)4)25(31)15-24(20)30-27(33)21-16-29-23-12-7-6-11-19(23)26(21)32;1-18(16-12-14-8-4-2-5-9-14)17-13-15-10-6-3-7-11-15;;;;;;;;/h6-26H,5,27-28H2,1-4H3,(H,43,45)(H,44,46);6-16H,5H2,1-4H3,(H,29,31)(H,30,32)(H2,33,34,35);6-16,31H,5H2,1-4H3,(H,29,32)(H,30,33);2-11H,12-13H2,1H3;4*1H4;1H3;;;/q;;;;;;;;-1;2*+1;/p-2.